The summed E-state index contributed by atoms with van der Waals surface area (Å²) in [5, 5.41) is 2.50. The Morgan fingerprint density at radius 2 is 1.92 bits per heavy atom. The van der Waals surface area contributed by atoms with Gasteiger partial charge in [-0.1, -0.05) is 0 Å². The molecule has 24 heavy (non-hydrogen) atoms. The molecule has 7 heteroatoms. The van der Waals surface area contributed by atoms with E-state index in [2.05, 4.69) is 5.32 Å². The average molecular weight is 359 g/mol. The Morgan fingerprint density at radius 3 is 2.42 bits per heavy atom. The predicted molar refractivity (Wildman–Crippen MR) is 95.8 cm³/mol. The van der Waals surface area contributed by atoms with Crippen LogP contribution >= 0.6 is 11.8 Å². The number of amides is 3. The molecule has 0 saturated carbocycles. The Bertz CT molecular complexity index is 491. The zero-order chi connectivity index (χ0) is 18.5. The summed E-state index contributed by atoms with van der Waals surface area (Å²) < 4.78 is 5.92. The van der Waals surface area contributed by atoms with Crippen LogP contribution in [0.25, 0.3) is 0 Å². The summed E-state index contributed by atoms with van der Waals surface area (Å²) in [5.74, 6) is -0.252. The first-order valence-electron chi connectivity index (χ1n) is 8.28. The molecule has 138 valence electrons. The Balaban J connectivity index is 2.52. The maximum absolute atomic E-state index is 12.4. The number of likely N-dealkylation sites (tertiary alicyclic amines) is 1. The number of hydrogen-bond acceptors (Lipinski definition) is 5. The third-order valence-electron chi connectivity index (χ3n) is 4.30. The zero-order valence-electron chi connectivity index (χ0n) is 15.6. The van der Waals surface area contributed by atoms with Crippen LogP contribution in [0.2, 0.25) is 0 Å². The lowest BCUT2D eigenvalue weighted by atomic mass is 9.98. The molecule has 1 aliphatic heterocycles. The van der Waals surface area contributed by atoms with E-state index in [1.807, 2.05) is 34.0 Å². The van der Waals surface area contributed by atoms with Gasteiger partial charge >= 0.3 is 0 Å². The molecule has 0 aromatic carbocycles. The Labute approximate surface area is 149 Å². The molecule has 0 bridgehead atoms. The van der Waals surface area contributed by atoms with E-state index < -0.39 is 5.54 Å². The van der Waals surface area contributed by atoms with Crippen molar-refractivity contribution >= 4 is 29.5 Å². The molecule has 1 heterocycles. The van der Waals surface area contributed by atoms with Crippen molar-refractivity contribution in [3.05, 3.63) is 0 Å². The topological polar surface area (TPSA) is 75.7 Å². The van der Waals surface area contributed by atoms with Crippen LogP contribution in [0.3, 0.4) is 0 Å². The van der Waals surface area contributed by atoms with Crippen LogP contribution in [0.4, 0.5) is 0 Å². The normalized spacial score (nSPS) is 19.1. The zero-order valence-corrected chi connectivity index (χ0v) is 16.4. The largest absolute Gasteiger partial charge is 0.375 e. The molecule has 0 aromatic rings. The molecular formula is C17H30N2O4S. The molecule has 3 amide bonds. The van der Waals surface area contributed by atoms with Crippen LogP contribution in [0.15, 0.2) is 0 Å². The van der Waals surface area contributed by atoms with E-state index in [-0.39, 0.29) is 35.0 Å². The second-order valence-electron chi connectivity index (χ2n) is 7.40. The van der Waals surface area contributed by atoms with Crippen LogP contribution < -0.4 is 5.32 Å². The average Bonchev–Trinajstić information content (AvgIpc) is 2.72. The number of carbonyl (C=O) groups excluding carboxylic acids is 3. The van der Waals surface area contributed by atoms with Crippen molar-refractivity contribution < 1.29 is 19.1 Å². The van der Waals surface area contributed by atoms with E-state index in [4.69, 9.17) is 4.74 Å². The predicted octanol–water partition coefficient (Wildman–Crippen LogP) is 1.97. The van der Waals surface area contributed by atoms with Gasteiger partial charge in [0.2, 0.25) is 17.7 Å². The van der Waals surface area contributed by atoms with E-state index in [0.29, 0.717) is 26.0 Å². The highest BCUT2D eigenvalue weighted by atomic mass is 32.2. The van der Waals surface area contributed by atoms with Crippen LogP contribution in [0.5, 0.6) is 0 Å². The molecule has 0 spiro atoms. The fraction of sp³-hybridized carbons (Fsp3) is 0.824. The number of imide groups is 1. The lowest BCUT2D eigenvalue weighted by Crippen LogP contribution is -2.49. The Kier molecular flexibility index (Phi) is 7.28. The van der Waals surface area contributed by atoms with Crippen LogP contribution in [-0.2, 0) is 19.1 Å². The summed E-state index contributed by atoms with van der Waals surface area (Å²) >= 11 is 1.43. The van der Waals surface area contributed by atoms with Crippen molar-refractivity contribution in [1.29, 1.82) is 0 Å². The third-order valence-corrected chi connectivity index (χ3v) is 5.24. The standard InChI is InChI=1S/C17H30N2O4S/c1-12(20)18-9-7-17(4,5)23-10-8-16(2,3)19-14(21)11-13(24-6)15(19)22/h13H,7-11H2,1-6H3,(H,18,20). The molecule has 1 atom stereocenters. The first kappa shape index (κ1) is 21.0. The third kappa shape index (κ3) is 5.77. The highest BCUT2D eigenvalue weighted by molar-refractivity contribution is 8.00. The van der Waals surface area contributed by atoms with E-state index in [1.165, 1.54) is 23.6 Å². The van der Waals surface area contributed by atoms with Gasteiger partial charge in [-0.3, -0.25) is 19.3 Å². The van der Waals surface area contributed by atoms with Crippen molar-refractivity contribution in [2.45, 2.75) is 70.3 Å². The molecule has 0 radical (unpaired) electrons. The number of nitrogens with one attached hydrogen (secondary N) is 1. The molecule has 1 saturated heterocycles. The first-order chi connectivity index (χ1) is 11.0. The molecule has 1 fully saturated rings. The molecule has 1 N–H and O–H groups in total. The summed E-state index contributed by atoms with van der Waals surface area (Å²) in [6, 6.07) is 0. The number of rotatable bonds is 9. The van der Waals surface area contributed by atoms with E-state index in [1.54, 1.807) is 0 Å². The summed E-state index contributed by atoms with van der Waals surface area (Å²) in [4.78, 5) is 36.9. The Hall–Kier alpha value is -1.08. The maximum Gasteiger partial charge on any atom is 0.243 e. The van der Waals surface area contributed by atoms with Gasteiger partial charge in [0.1, 0.15) is 0 Å². The number of thioether (sulfide) groups is 1. The monoisotopic (exact) mass is 358 g/mol. The van der Waals surface area contributed by atoms with Crippen LogP contribution in [0, 0.1) is 0 Å². The van der Waals surface area contributed by atoms with Gasteiger partial charge in [0.25, 0.3) is 0 Å². The summed E-state index contributed by atoms with van der Waals surface area (Å²) in [6.45, 7) is 10.2. The second-order valence-corrected chi connectivity index (χ2v) is 8.44. The quantitative estimate of drug-likeness (QED) is 0.638. The van der Waals surface area contributed by atoms with Crippen molar-refractivity contribution in [3.63, 3.8) is 0 Å². The summed E-state index contributed by atoms with van der Waals surface area (Å²) in [7, 11) is 0. The van der Waals surface area contributed by atoms with E-state index in [9.17, 15) is 14.4 Å². The number of hydrogen-bond donors (Lipinski definition) is 1. The smallest absolute Gasteiger partial charge is 0.243 e. The van der Waals surface area contributed by atoms with Crippen LogP contribution in [-0.4, -0.2) is 58.4 Å². The first-order valence-corrected chi connectivity index (χ1v) is 9.57. The fourth-order valence-electron chi connectivity index (χ4n) is 2.72. The van der Waals surface area contributed by atoms with Crippen molar-refractivity contribution in [2.24, 2.45) is 0 Å². The van der Waals surface area contributed by atoms with Gasteiger partial charge in [-0.05, 0) is 46.8 Å². The highest BCUT2D eigenvalue weighted by Crippen LogP contribution is 2.31. The van der Waals surface area contributed by atoms with Gasteiger partial charge in [0.15, 0.2) is 0 Å². The fourth-order valence-corrected chi connectivity index (χ4v) is 3.34. The summed E-state index contributed by atoms with van der Waals surface area (Å²) in [5.41, 5.74) is -0.939. The molecule has 6 nitrogen and oxygen atoms in total. The van der Waals surface area contributed by atoms with Gasteiger partial charge in [-0.2, -0.15) is 11.8 Å². The molecular weight excluding hydrogens is 328 g/mol. The second kappa shape index (κ2) is 8.34. The minimum atomic E-state index is -0.563. The van der Waals surface area contributed by atoms with Crippen LogP contribution in [0.1, 0.15) is 53.9 Å². The van der Waals surface area contributed by atoms with Crippen molar-refractivity contribution in [3.8, 4) is 0 Å². The summed E-state index contributed by atoms with van der Waals surface area (Å²) in [6.07, 6.45) is 3.41. The SMILES string of the molecule is CSC1CC(=O)N(C(C)(C)CCOC(C)(C)CCNC(C)=O)C1=O. The van der Waals surface area contributed by atoms with E-state index in [0.717, 1.165) is 0 Å². The molecule has 1 unspecified atom stereocenters. The van der Waals surface area contributed by atoms with Gasteiger partial charge in [0, 0.05) is 32.0 Å². The van der Waals surface area contributed by atoms with Gasteiger partial charge in [-0.25, -0.2) is 0 Å². The van der Waals surface area contributed by atoms with Gasteiger partial charge in [-0.15, -0.1) is 0 Å². The molecule has 0 aliphatic carbocycles. The lowest BCUT2D eigenvalue weighted by molar-refractivity contribution is -0.145. The number of ether oxygens (including phenoxy) is 1. The molecule has 1 rings (SSSR count). The van der Waals surface area contributed by atoms with Gasteiger partial charge in [0.05, 0.1) is 10.9 Å². The van der Waals surface area contributed by atoms with Crippen molar-refractivity contribution in [1.82, 2.24) is 10.2 Å². The highest BCUT2D eigenvalue weighted by Gasteiger charge is 2.45. The Morgan fingerprint density at radius 1 is 1.29 bits per heavy atom. The minimum Gasteiger partial charge on any atom is -0.375 e. The van der Waals surface area contributed by atoms with Crippen molar-refractivity contribution in [2.75, 3.05) is 19.4 Å². The molecule has 1 aliphatic rings. The molecule has 0 aromatic heterocycles. The lowest BCUT2D eigenvalue weighted by Gasteiger charge is -2.35. The minimum absolute atomic E-state index is 0.0543. The van der Waals surface area contributed by atoms with Gasteiger partial charge < -0.3 is 10.1 Å². The maximum atomic E-state index is 12.4. The number of nitrogens with zero attached hydrogens (tertiary/aromatic N) is 1. The number of carbonyl (C=O) groups is 3. The van der Waals surface area contributed by atoms with E-state index >= 15 is 0 Å².